The van der Waals surface area contributed by atoms with Crippen molar-refractivity contribution >= 4 is 41.2 Å². The highest BCUT2D eigenvalue weighted by Crippen LogP contribution is 2.33. The van der Waals surface area contributed by atoms with Gasteiger partial charge in [-0.3, -0.25) is 24.0 Å². The summed E-state index contributed by atoms with van der Waals surface area (Å²) in [7, 11) is 1.41. The van der Waals surface area contributed by atoms with E-state index in [9.17, 15) is 33.5 Å². The summed E-state index contributed by atoms with van der Waals surface area (Å²) in [6.07, 6.45) is 1.92. The van der Waals surface area contributed by atoms with Crippen LogP contribution in [0.1, 0.15) is 66.3 Å². The van der Waals surface area contributed by atoms with Crippen molar-refractivity contribution in [3.63, 3.8) is 0 Å². The average molecular weight is 813 g/mol. The molecule has 5 rings (SSSR count). The van der Waals surface area contributed by atoms with E-state index in [1.54, 1.807) is 6.92 Å². The van der Waals surface area contributed by atoms with Crippen molar-refractivity contribution in [3.05, 3.63) is 102 Å². The van der Waals surface area contributed by atoms with E-state index in [2.05, 4.69) is 36.6 Å². The summed E-state index contributed by atoms with van der Waals surface area (Å²) < 4.78 is 26.3. The van der Waals surface area contributed by atoms with Gasteiger partial charge in [0.25, 0.3) is 11.8 Å². The lowest BCUT2D eigenvalue weighted by Gasteiger charge is -2.28. The Morgan fingerprint density at radius 2 is 1.71 bits per heavy atom. The molecule has 1 aromatic heterocycles. The number of aliphatic hydroxyl groups is 1. The maximum Gasteiger partial charge on any atom is 0.257 e. The van der Waals surface area contributed by atoms with Crippen LogP contribution in [-0.2, 0) is 20.9 Å². The van der Waals surface area contributed by atoms with E-state index >= 15 is 0 Å². The van der Waals surface area contributed by atoms with Crippen LogP contribution in [-0.4, -0.2) is 94.4 Å². The van der Waals surface area contributed by atoms with Crippen molar-refractivity contribution in [2.75, 3.05) is 32.1 Å². The first kappa shape index (κ1) is 43.5. The van der Waals surface area contributed by atoms with Gasteiger partial charge in [-0.25, -0.2) is 14.4 Å². The molecule has 312 valence electrons. The molecule has 4 atom stereocenters. The normalized spacial score (nSPS) is 18.4. The third-order valence-corrected chi connectivity index (χ3v) is 9.64. The van der Waals surface area contributed by atoms with Gasteiger partial charge in [-0.15, -0.1) is 0 Å². The molecule has 4 aromatic rings. The van der Waals surface area contributed by atoms with Crippen LogP contribution in [0, 0.1) is 11.7 Å². The van der Waals surface area contributed by atoms with Crippen LogP contribution in [0.4, 0.5) is 16.0 Å². The van der Waals surface area contributed by atoms with E-state index < -0.39 is 53.5 Å². The number of nitrogens with zero attached hydrogens (tertiary/aromatic N) is 3. The number of aromatic nitrogens is 2. The van der Waals surface area contributed by atoms with Gasteiger partial charge >= 0.3 is 0 Å². The van der Waals surface area contributed by atoms with Crippen LogP contribution in [0.5, 0.6) is 17.2 Å². The van der Waals surface area contributed by atoms with E-state index in [1.807, 2.05) is 37.3 Å². The molecule has 16 nitrogen and oxygen atoms in total. The highest BCUT2D eigenvalue weighted by atomic mass is 19.1. The van der Waals surface area contributed by atoms with Crippen molar-refractivity contribution < 1.29 is 42.9 Å². The van der Waals surface area contributed by atoms with E-state index in [0.29, 0.717) is 12.0 Å². The summed E-state index contributed by atoms with van der Waals surface area (Å²) in [4.78, 5) is 77.4. The van der Waals surface area contributed by atoms with Crippen LogP contribution < -0.4 is 36.1 Å². The Morgan fingerprint density at radius 3 is 2.41 bits per heavy atom. The number of anilines is 2. The van der Waals surface area contributed by atoms with Gasteiger partial charge in [0, 0.05) is 62.3 Å². The van der Waals surface area contributed by atoms with Gasteiger partial charge in [0.1, 0.15) is 23.7 Å². The predicted molar refractivity (Wildman–Crippen MR) is 216 cm³/mol. The van der Waals surface area contributed by atoms with Gasteiger partial charge in [0.05, 0.1) is 18.8 Å². The van der Waals surface area contributed by atoms with Crippen molar-refractivity contribution in [2.45, 2.75) is 64.8 Å². The third kappa shape index (κ3) is 12.2. The Balaban J connectivity index is 1.42. The lowest BCUT2D eigenvalue weighted by molar-refractivity contribution is -0.135. The second kappa shape index (κ2) is 20.7. The van der Waals surface area contributed by atoms with Crippen molar-refractivity contribution in [3.8, 4) is 17.2 Å². The van der Waals surface area contributed by atoms with E-state index in [1.165, 1.54) is 61.7 Å². The minimum atomic E-state index is -1.41. The number of carbonyl (C=O) groups excluding carboxylic acids is 5. The number of hydrogen-bond acceptors (Lipinski definition) is 11. The minimum Gasteiger partial charge on any atom is -0.493 e. The monoisotopic (exact) mass is 812 g/mol. The number of fused-ring (bicyclic) bond motifs is 4. The first-order valence-electron chi connectivity index (χ1n) is 19.3. The molecule has 0 spiro atoms. The van der Waals surface area contributed by atoms with Crippen molar-refractivity contribution in [1.29, 1.82) is 0 Å². The lowest BCUT2D eigenvalue weighted by Crippen LogP contribution is -2.58. The molecular formula is C42H49FN8O8. The number of para-hydroxylation sites is 1. The molecule has 4 bridgehead atoms. The maximum absolute atomic E-state index is 14.9. The SMILES string of the molecule is CC[C@H](C)[C@@H]1NC(=O)[C@H]([C@@H](C)O)NC(=O)CCCN(C(=O)c2cnc(Nc3ccccc3)nc2)CCNC(=O)c2ccc(OC)c(c2)Oc2cc(F)cc(c2)CNC1=O. The Hall–Kier alpha value is -6.62. The molecule has 6 N–H and O–H groups in total. The second-order valence-corrected chi connectivity index (χ2v) is 14.1. The largest absolute Gasteiger partial charge is 0.493 e. The molecular weight excluding hydrogens is 764 g/mol. The zero-order chi connectivity index (χ0) is 42.5. The van der Waals surface area contributed by atoms with Crippen molar-refractivity contribution in [1.82, 2.24) is 36.1 Å². The summed E-state index contributed by atoms with van der Waals surface area (Å²) in [5.74, 6) is -3.20. The van der Waals surface area contributed by atoms with Gasteiger partial charge in [-0.2, -0.15) is 0 Å². The topological polar surface area (TPSA) is 213 Å². The van der Waals surface area contributed by atoms with Crippen LogP contribution in [0.15, 0.2) is 79.1 Å². The van der Waals surface area contributed by atoms with E-state index in [4.69, 9.17) is 9.47 Å². The number of aliphatic hydroxyl groups excluding tert-OH is 1. The smallest absolute Gasteiger partial charge is 0.257 e. The van der Waals surface area contributed by atoms with E-state index in [0.717, 1.165) is 11.8 Å². The molecule has 0 saturated heterocycles. The highest BCUT2D eigenvalue weighted by Gasteiger charge is 2.32. The number of halogens is 1. The Labute approximate surface area is 341 Å². The number of benzene rings is 3. The number of rotatable bonds is 7. The third-order valence-electron chi connectivity index (χ3n) is 9.64. The zero-order valence-corrected chi connectivity index (χ0v) is 33.3. The molecule has 17 heteroatoms. The number of methoxy groups -OCH3 is 1. The zero-order valence-electron chi connectivity index (χ0n) is 33.3. The second-order valence-electron chi connectivity index (χ2n) is 14.1. The molecule has 3 aromatic carbocycles. The first-order chi connectivity index (χ1) is 28.3. The fraction of sp³-hybridized carbons (Fsp3) is 0.357. The number of hydrogen-bond donors (Lipinski definition) is 6. The summed E-state index contributed by atoms with van der Waals surface area (Å²) in [6, 6.07) is 15.1. The Morgan fingerprint density at radius 1 is 0.966 bits per heavy atom. The quantitative estimate of drug-likeness (QED) is 0.158. The molecule has 0 unspecified atom stereocenters. The van der Waals surface area contributed by atoms with Crippen LogP contribution in [0.2, 0.25) is 0 Å². The molecule has 1 aliphatic heterocycles. The Bertz CT molecular complexity index is 2100. The van der Waals surface area contributed by atoms with Crippen LogP contribution in [0.25, 0.3) is 0 Å². The summed E-state index contributed by atoms with van der Waals surface area (Å²) in [5, 5.41) is 24.3. The standard InChI is InChI=1S/C42H49FN8O8/c1-5-25(2)36-39(55)45-22-27-18-30(43)21-32(19-27)59-34-20-28(13-14-33(34)58-4)38(54)44-15-17-51(16-9-12-35(53)49-37(26(3)52)40(56)50-36)41(57)29-23-46-42(47-24-29)48-31-10-7-6-8-11-31/h6-8,10-11,13-14,18-21,23-26,36-37,52H,5,9,12,15-17,22H2,1-4H3,(H,44,54)(H,45,55)(H,49,53)(H,50,56)(H,46,47,48)/t25-,26+,36-,37-/m0/s1. The average Bonchev–Trinajstić information content (AvgIpc) is 3.22. The number of carbonyl (C=O) groups is 5. The summed E-state index contributed by atoms with van der Waals surface area (Å²) in [5.41, 5.74) is 1.45. The number of amides is 5. The van der Waals surface area contributed by atoms with Crippen LogP contribution in [0.3, 0.4) is 0 Å². The fourth-order valence-electron chi connectivity index (χ4n) is 6.19. The number of nitrogens with one attached hydrogen (secondary N) is 5. The van der Waals surface area contributed by atoms with Gasteiger partial charge in [0.15, 0.2) is 11.5 Å². The predicted octanol–water partition coefficient (Wildman–Crippen LogP) is 3.84. The van der Waals surface area contributed by atoms with Gasteiger partial charge < -0.3 is 46.1 Å². The van der Waals surface area contributed by atoms with Gasteiger partial charge in [-0.1, -0.05) is 38.5 Å². The maximum atomic E-state index is 14.9. The van der Waals surface area contributed by atoms with Gasteiger partial charge in [-0.05, 0) is 67.3 Å². The lowest BCUT2D eigenvalue weighted by atomic mass is 9.97. The molecule has 0 radical (unpaired) electrons. The molecule has 1 aliphatic rings. The summed E-state index contributed by atoms with van der Waals surface area (Å²) >= 11 is 0. The van der Waals surface area contributed by atoms with E-state index in [-0.39, 0.29) is 79.3 Å². The highest BCUT2D eigenvalue weighted by molar-refractivity contribution is 5.96. The summed E-state index contributed by atoms with van der Waals surface area (Å²) in [6.45, 7) is 4.91. The molecule has 2 heterocycles. The fourth-order valence-corrected chi connectivity index (χ4v) is 6.19. The van der Waals surface area contributed by atoms with Gasteiger partial charge in [0.2, 0.25) is 23.7 Å². The van der Waals surface area contributed by atoms with Crippen molar-refractivity contribution in [2.24, 2.45) is 5.92 Å². The first-order valence-corrected chi connectivity index (χ1v) is 19.3. The number of ether oxygens (including phenoxy) is 2. The molecule has 5 amide bonds. The molecule has 0 saturated carbocycles. The molecule has 0 fully saturated rings. The van der Waals surface area contributed by atoms with Crippen LogP contribution >= 0.6 is 0 Å². The molecule has 0 aliphatic carbocycles. The minimum absolute atomic E-state index is 0.00803. The Kier molecular flexibility index (Phi) is 15.3. The molecule has 59 heavy (non-hydrogen) atoms.